The van der Waals surface area contributed by atoms with Crippen molar-refractivity contribution in [3.05, 3.63) is 152 Å². The number of hydrogen-bond donors (Lipinski definition) is 0. The summed E-state index contributed by atoms with van der Waals surface area (Å²) < 4.78 is 2.72. The van der Waals surface area contributed by atoms with E-state index in [1.807, 2.05) is 11.3 Å². The van der Waals surface area contributed by atoms with E-state index in [0.29, 0.717) is 0 Å². The van der Waals surface area contributed by atoms with E-state index in [-0.39, 0.29) is 0 Å². The molecule has 0 fully saturated rings. The third kappa shape index (κ3) is 3.49. The molecule has 0 atom stereocenters. The minimum Gasteiger partial charge on any atom is -0.310 e. The monoisotopic (exact) mass is 551 g/mol. The maximum absolute atomic E-state index is 2.36. The molecule has 8 aromatic carbocycles. The van der Waals surface area contributed by atoms with Crippen LogP contribution in [0.3, 0.4) is 0 Å². The van der Waals surface area contributed by atoms with Gasteiger partial charge >= 0.3 is 0 Å². The molecule has 1 nitrogen and oxygen atoms in total. The highest BCUT2D eigenvalue weighted by atomic mass is 32.1. The molecular formula is C40H25NS. The smallest absolute Gasteiger partial charge is 0.0468 e. The van der Waals surface area contributed by atoms with Crippen LogP contribution >= 0.6 is 11.3 Å². The SMILES string of the molecule is c1ccc(N(c2ccc3ccccc3c2)c2ccc3c(ccc4c5sc6ccccc6c5c5ccccc5c34)c2)cc1. The lowest BCUT2D eigenvalue weighted by atomic mass is 9.93. The third-order valence-electron chi connectivity index (χ3n) is 8.57. The highest BCUT2D eigenvalue weighted by Gasteiger charge is 2.18. The van der Waals surface area contributed by atoms with Crippen LogP contribution in [-0.4, -0.2) is 0 Å². The van der Waals surface area contributed by atoms with E-state index in [1.165, 1.54) is 63.3 Å². The van der Waals surface area contributed by atoms with Crippen molar-refractivity contribution < 1.29 is 0 Å². The van der Waals surface area contributed by atoms with Crippen molar-refractivity contribution in [3.63, 3.8) is 0 Å². The maximum Gasteiger partial charge on any atom is 0.0468 e. The second kappa shape index (κ2) is 9.17. The van der Waals surface area contributed by atoms with Gasteiger partial charge < -0.3 is 4.90 Å². The van der Waals surface area contributed by atoms with Crippen LogP contribution in [0.2, 0.25) is 0 Å². The first-order valence-electron chi connectivity index (χ1n) is 14.4. The fraction of sp³-hybridized carbons (Fsp3) is 0. The zero-order valence-electron chi connectivity index (χ0n) is 22.8. The van der Waals surface area contributed by atoms with Gasteiger partial charge in [-0.1, -0.05) is 109 Å². The molecule has 0 saturated carbocycles. The first kappa shape index (κ1) is 23.5. The Morgan fingerprint density at radius 2 is 0.952 bits per heavy atom. The van der Waals surface area contributed by atoms with Crippen LogP contribution in [0.4, 0.5) is 17.1 Å². The average Bonchev–Trinajstić information content (AvgIpc) is 3.45. The fourth-order valence-electron chi connectivity index (χ4n) is 6.70. The number of hydrogen-bond acceptors (Lipinski definition) is 2. The lowest BCUT2D eigenvalue weighted by molar-refractivity contribution is 1.29. The van der Waals surface area contributed by atoms with Gasteiger partial charge in [0.05, 0.1) is 0 Å². The van der Waals surface area contributed by atoms with E-state index in [1.54, 1.807) is 0 Å². The topological polar surface area (TPSA) is 3.24 Å². The quantitative estimate of drug-likeness (QED) is 0.197. The maximum atomic E-state index is 2.36. The summed E-state index contributed by atoms with van der Waals surface area (Å²) in [6.07, 6.45) is 0. The number of anilines is 3. The highest BCUT2D eigenvalue weighted by Crippen LogP contribution is 2.46. The standard InChI is InChI=1S/C40H25NS/c1-2-12-29(13-3-1)41(30-20-18-26-10-4-5-11-27(26)24-30)31-21-23-32-28(25-31)19-22-36-38(32)33-14-6-7-15-34(33)39-35-16-8-9-17-37(35)42-40(36)39/h1-25H. The molecule has 0 aliphatic carbocycles. The Hall–Kier alpha value is -5.18. The normalized spacial score (nSPS) is 11.8. The summed E-state index contributed by atoms with van der Waals surface area (Å²) in [5.74, 6) is 0. The largest absolute Gasteiger partial charge is 0.310 e. The van der Waals surface area contributed by atoms with E-state index < -0.39 is 0 Å². The summed E-state index contributed by atoms with van der Waals surface area (Å²) in [6, 6.07) is 55.3. The fourth-order valence-corrected chi connectivity index (χ4v) is 7.95. The van der Waals surface area contributed by atoms with Gasteiger partial charge in [0.2, 0.25) is 0 Å². The molecule has 2 heteroatoms. The Morgan fingerprint density at radius 1 is 0.357 bits per heavy atom. The van der Waals surface area contributed by atoms with Crippen LogP contribution in [0.1, 0.15) is 0 Å². The van der Waals surface area contributed by atoms with Crippen LogP contribution in [-0.2, 0) is 0 Å². The zero-order valence-corrected chi connectivity index (χ0v) is 23.6. The highest BCUT2D eigenvalue weighted by molar-refractivity contribution is 7.27. The van der Waals surface area contributed by atoms with E-state index >= 15 is 0 Å². The van der Waals surface area contributed by atoms with E-state index in [2.05, 4.69) is 157 Å². The van der Waals surface area contributed by atoms with Gasteiger partial charge in [0.1, 0.15) is 0 Å². The number of benzene rings is 8. The molecule has 0 saturated heterocycles. The van der Waals surface area contributed by atoms with Crippen molar-refractivity contribution in [1.82, 2.24) is 0 Å². The molecular weight excluding hydrogens is 527 g/mol. The average molecular weight is 552 g/mol. The zero-order chi connectivity index (χ0) is 27.6. The number of thiophene rings is 1. The first-order valence-corrected chi connectivity index (χ1v) is 15.2. The van der Waals surface area contributed by atoms with Crippen molar-refractivity contribution in [2.24, 2.45) is 0 Å². The van der Waals surface area contributed by atoms with Crippen LogP contribution in [0, 0.1) is 0 Å². The molecule has 42 heavy (non-hydrogen) atoms. The van der Waals surface area contributed by atoms with Gasteiger partial charge in [-0.3, -0.25) is 0 Å². The first-order chi connectivity index (χ1) is 20.8. The summed E-state index contributed by atoms with van der Waals surface area (Å²) in [5, 5.41) is 13.1. The minimum absolute atomic E-state index is 1.14. The number of rotatable bonds is 3. The molecule has 0 radical (unpaired) electrons. The van der Waals surface area contributed by atoms with E-state index in [4.69, 9.17) is 0 Å². The molecule has 9 aromatic rings. The molecule has 1 aromatic heterocycles. The van der Waals surface area contributed by atoms with Gasteiger partial charge in [0.15, 0.2) is 0 Å². The number of fused-ring (bicyclic) bond motifs is 11. The van der Waals surface area contributed by atoms with Crippen LogP contribution in [0.5, 0.6) is 0 Å². The third-order valence-corrected chi connectivity index (χ3v) is 9.78. The van der Waals surface area contributed by atoms with E-state index in [9.17, 15) is 0 Å². The van der Waals surface area contributed by atoms with Crippen LogP contribution in [0.15, 0.2) is 152 Å². The molecule has 0 N–H and O–H groups in total. The molecule has 9 rings (SSSR count). The predicted molar refractivity (Wildman–Crippen MR) is 184 cm³/mol. The van der Waals surface area contributed by atoms with Gasteiger partial charge in [0, 0.05) is 42.6 Å². The molecule has 0 aliphatic rings. The Balaban J connectivity index is 1.32. The van der Waals surface area contributed by atoms with Crippen molar-refractivity contribution in [3.8, 4) is 0 Å². The van der Waals surface area contributed by atoms with Gasteiger partial charge in [0.25, 0.3) is 0 Å². The van der Waals surface area contributed by atoms with Gasteiger partial charge in [-0.15, -0.1) is 11.3 Å². The summed E-state index contributed by atoms with van der Waals surface area (Å²) in [6.45, 7) is 0. The van der Waals surface area contributed by atoms with Crippen molar-refractivity contribution in [2.45, 2.75) is 0 Å². The van der Waals surface area contributed by atoms with Crippen LogP contribution < -0.4 is 4.90 Å². The molecule has 0 bridgehead atoms. The number of nitrogens with zero attached hydrogens (tertiary/aromatic N) is 1. The Bertz CT molecular complexity index is 2470. The Morgan fingerprint density at radius 3 is 1.79 bits per heavy atom. The molecule has 0 aliphatic heterocycles. The predicted octanol–water partition coefficient (Wildman–Crippen LogP) is 12.1. The minimum atomic E-state index is 1.14. The second-order valence-electron chi connectivity index (χ2n) is 10.9. The molecule has 0 amide bonds. The Labute approximate surface area is 247 Å². The van der Waals surface area contributed by atoms with Gasteiger partial charge in [-0.05, 0) is 80.2 Å². The Kier molecular flexibility index (Phi) is 5.13. The van der Waals surface area contributed by atoms with Crippen molar-refractivity contribution in [1.29, 1.82) is 0 Å². The second-order valence-corrected chi connectivity index (χ2v) is 12.0. The van der Waals surface area contributed by atoms with Crippen molar-refractivity contribution >= 4 is 91.7 Å². The summed E-state index contributed by atoms with van der Waals surface area (Å²) in [7, 11) is 0. The van der Waals surface area contributed by atoms with Gasteiger partial charge in [-0.25, -0.2) is 0 Å². The molecule has 0 unspecified atom stereocenters. The molecule has 196 valence electrons. The summed E-state index contributed by atoms with van der Waals surface area (Å²) >= 11 is 1.91. The molecule has 1 heterocycles. The summed E-state index contributed by atoms with van der Waals surface area (Å²) in [5.41, 5.74) is 3.44. The van der Waals surface area contributed by atoms with Gasteiger partial charge in [-0.2, -0.15) is 0 Å². The van der Waals surface area contributed by atoms with Crippen LogP contribution in [0.25, 0.3) is 63.3 Å². The molecule has 0 spiro atoms. The van der Waals surface area contributed by atoms with Crippen molar-refractivity contribution in [2.75, 3.05) is 4.90 Å². The lowest BCUT2D eigenvalue weighted by Crippen LogP contribution is -2.09. The number of para-hydroxylation sites is 1. The lowest BCUT2D eigenvalue weighted by Gasteiger charge is -2.26. The van der Waals surface area contributed by atoms with E-state index in [0.717, 1.165) is 17.1 Å². The summed E-state index contributed by atoms with van der Waals surface area (Å²) in [4.78, 5) is 2.36.